The number of amides is 1. The molecule has 1 amide bonds. The maximum absolute atomic E-state index is 13.3. The number of fused-ring (bicyclic) bond motifs is 1. The second kappa shape index (κ2) is 8.83. The normalized spacial score (nSPS) is 15.3. The summed E-state index contributed by atoms with van der Waals surface area (Å²) < 4.78 is 15.3. The molecule has 6 nitrogen and oxygen atoms in total. The second-order valence-electron chi connectivity index (χ2n) is 8.44. The molecule has 0 saturated heterocycles. The van der Waals surface area contributed by atoms with E-state index in [1.165, 1.54) is 28.3 Å². The molecule has 2 aromatic carbocycles. The van der Waals surface area contributed by atoms with Gasteiger partial charge in [-0.2, -0.15) is 0 Å². The number of thiazole rings is 1. The van der Waals surface area contributed by atoms with Crippen molar-refractivity contribution in [3.05, 3.63) is 88.6 Å². The van der Waals surface area contributed by atoms with E-state index in [1.54, 1.807) is 23.5 Å². The molecule has 174 valence electrons. The summed E-state index contributed by atoms with van der Waals surface area (Å²) in [7, 11) is 0. The van der Waals surface area contributed by atoms with Crippen LogP contribution < -0.4 is 0 Å². The third-order valence-electron chi connectivity index (χ3n) is 6.07. The van der Waals surface area contributed by atoms with Gasteiger partial charge in [0.25, 0.3) is 5.91 Å². The Kier molecular flexibility index (Phi) is 5.50. The van der Waals surface area contributed by atoms with Crippen LogP contribution in [0.2, 0.25) is 0 Å². The summed E-state index contributed by atoms with van der Waals surface area (Å²) in [6.45, 7) is 3.00. The van der Waals surface area contributed by atoms with Crippen LogP contribution in [0.15, 0.2) is 71.4 Å². The summed E-state index contributed by atoms with van der Waals surface area (Å²) in [6.07, 6.45) is 0. The molecule has 0 spiro atoms. The first kappa shape index (κ1) is 21.8. The zero-order valence-electron chi connectivity index (χ0n) is 18.8. The maximum Gasteiger partial charge on any atom is 0.254 e. The van der Waals surface area contributed by atoms with Crippen LogP contribution in [-0.2, 0) is 6.54 Å². The molecule has 1 aliphatic rings. The van der Waals surface area contributed by atoms with Gasteiger partial charge in [0.15, 0.2) is 11.6 Å². The topological polar surface area (TPSA) is 63.9 Å². The number of benzene rings is 2. The number of hydrogen-bond acceptors (Lipinski definition) is 6. The summed E-state index contributed by atoms with van der Waals surface area (Å²) in [5.41, 5.74) is 3.35. The van der Waals surface area contributed by atoms with Crippen LogP contribution in [0.4, 0.5) is 4.39 Å². The molecule has 6 rings (SSSR count). The van der Waals surface area contributed by atoms with Gasteiger partial charge in [-0.3, -0.25) is 4.79 Å². The van der Waals surface area contributed by atoms with E-state index in [4.69, 9.17) is 4.98 Å². The monoisotopic (exact) mass is 501 g/mol. The van der Waals surface area contributed by atoms with Crippen LogP contribution in [0.25, 0.3) is 32.5 Å². The van der Waals surface area contributed by atoms with Crippen molar-refractivity contribution in [3.8, 4) is 32.5 Å². The van der Waals surface area contributed by atoms with Gasteiger partial charge >= 0.3 is 0 Å². The fourth-order valence-electron chi connectivity index (χ4n) is 4.36. The number of carbonyl (C=O) groups excluding carboxylic acids is 1. The summed E-state index contributed by atoms with van der Waals surface area (Å²) in [5.74, 6) is 1.13. The summed E-state index contributed by atoms with van der Waals surface area (Å²) in [4.78, 5) is 21.0. The van der Waals surface area contributed by atoms with E-state index in [9.17, 15) is 9.18 Å². The Hall–Kier alpha value is -3.69. The molecular formula is C26H20FN5OS2. The average Bonchev–Trinajstić information content (AvgIpc) is 3.65. The van der Waals surface area contributed by atoms with Gasteiger partial charge in [-0.05, 0) is 60.3 Å². The van der Waals surface area contributed by atoms with Gasteiger partial charge in [0, 0.05) is 27.9 Å². The van der Waals surface area contributed by atoms with E-state index in [0.29, 0.717) is 24.5 Å². The largest absolute Gasteiger partial charge is 0.329 e. The Morgan fingerprint density at radius 3 is 2.51 bits per heavy atom. The Morgan fingerprint density at radius 1 is 1.00 bits per heavy atom. The molecule has 4 heterocycles. The molecular weight excluding hydrogens is 481 g/mol. The van der Waals surface area contributed by atoms with Crippen molar-refractivity contribution in [2.45, 2.75) is 19.5 Å². The zero-order valence-corrected chi connectivity index (χ0v) is 20.4. The first-order chi connectivity index (χ1) is 17.1. The number of rotatable bonds is 4. The highest BCUT2D eigenvalue weighted by molar-refractivity contribution is 7.13. The van der Waals surface area contributed by atoms with E-state index in [1.807, 2.05) is 46.0 Å². The van der Waals surface area contributed by atoms with E-state index < -0.39 is 0 Å². The van der Waals surface area contributed by atoms with E-state index in [2.05, 4.69) is 27.8 Å². The van der Waals surface area contributed by atoms with Gasteiger partial charge in [-0.1, -0.05) is 18.2 Å². The van der Waals surface area contributed by atoms with Crippen molar-refractivity contribution in [1.82, 2.24) is 24.6 Å². The average molecular weight is 502 g/mol. The van der Waals surface area contributed by atoms with Crippen molar-refractivity contribution in [2.24, 2.45) is 0 Å². The van der Waals surface area contributed by atoms with Crippen molar-refractivity contribution in [2.75, 3.05) is 6.54 Å². The second-order valence-corrected chi connectivity index (χ2v) is 10.2. The Balaban J connectivity index is 1.23. The number of nitrogens with zero attached hydrogens (tertiary/aromatic N) is 5. The van der Waals surface area contributed by atoms with Gasteiger partial charge in [-0.15, -0.1) is 32.9 Å². The number of thiophene rings is 1. The third-order valence-corrected chi connectivity index (χ3v) is 7.88. The molecule has 0 radical (unpaired) electrons. The van der Waals surface area contributed by atoms with Crippen LogP contribution in [0, 0.1) is 5.82 Å². The molecule has 35 heavy (non-hydrogen) atoms. The van der Waals surface area contributed by atoms with Crippen molar-refractivity contribution < 1.29 is 9.18 Å². The van der Waals surface area contributed by atoms with Crippen molar-refractivity contribution in [3.63, 3.8) is 0 Å². The standard InChI is InChI=1S/C26H20FN5OS2/c1-16-13-31(26(33)19-6-4-17(5-7-19)22-3-2-12-34-22)14-23-29-30-24(32(16)23)21-15-35-25(28-21)18-8-10-20(27)11-9-18/h2-12,15-16H,13-14H2,1H3. The number of aromatic nitrogens is 4. The Labute approximate surface area is 209 Å². The molecule has 0 bridgehead atoms. The lowest BCUT2D eigenvalue weighted by Crippen LogP contribution is -2.40. The lowest BCUT2D eigenvalue weighted by atomic mass is 10.1. The summed E-state index contributed by atoms with van der Waals surface area (Å²) >= 11 is 3.16. The molecule has 3 aromatic heterocycles. The van der Waals surface area contributed by atoms with Gasteiger partial charge < -0.3 is 9.47 Å². The van der Waals surface area contributed by atoms with Crippen LogP contribution in [-0.4, -0.2) is 37.1 Å². The van der Waals surface area contributed by atoms with Crippen LogP contribution in [0.5, 0.6) is 0 Å². The number of carbonyl (C=O) groups is 1. The Bertz CT molecular complexity index is 1490. The number of halogens is 1. The first-order valence-electron chi connectivity index (χ1n) is 11.2. The van der Waals surface area contributed by atoms with E-state index in [-0.39, 0.29) is 17.8 Å². The van der Waals surface area contributed by atoms with Gasteiger partial charge in [0.2, 0.25) is 0 Å². The van der Waals surface area contributed by atoms with Crippen molar-refractivity contribution in [1.29, 1.82) is 0 Å². The minimum atomic E-state index is -0.275. The van der Waals surface area contributed by atoms with Crippen molar-refractivity contribution >= 4 is 28.6 Å². The summed E-state index contributed by atoms with van der Waals surface area (Å²) in [5, 5.41) is 13.6. The quantitative estimate of drug-likeness (QED) is 0.296. The minimum Gasteiger partial charge on any atom is -0.329 e. The lowest BCUT2D eigenvalue weighted by molar-refractivity contribution is 0.0682. The van der Waals surface area contributed by atoms with Gasteiger partial charge in [0.1, 0.15) is 16.5 Å². The summed E-state index contributed by atoms with van der Waals surface area (Å²) in [6, 6.07) is 18.1. The molecule has 5 aromatic rings. The van der Waals surface area contributed by atoms with Gasteiger partial charge in [-0.25, -0.2) is 9.37 Å². The highest BCUT2D eigenvalue weighted by Crippen LogP contribution is 2.32. The van der Waals surface area contributed by atoms with E-state index in [0.717, 1.165) is 27.7 Å². The zero-order chi connectivity index (χ0) is 23.9. The fourth-order valence-corrected chi connectivity index (χ4v) is 5.90. The third kappa shape index (κ3) is 4.06. The smallest absolute Gasteiger partial charge is 0.254 e. The van der Waals surface area contributed by atoms with Crippen LogP contribution in [0.1, 0.15) is 29.1 Å². The van der Waals surface area contributed by atoms with E-state index >= 15 is 0 Å². The number of hydrogen-bond donors (Lipinski definition) is 0. The molecule has 0 N–H and O–H groups in total. The highest BCUT2D eigenvalue weighted by atomic mass is 32.1. The highest BCUT2D eigenvalue weighted by Gasteiger charge is 2.30. The first-order valence-corrected chi connectivity index (χ1v) is 12.9. The van der Waals surface area contributed by atoms with Crippen LogP contribution >= 0.6 is 22.7 Å². The predicted octanol–water partition coefficient (Wildman–Crippen LogP) is 6.15. The molecule has 9 heteroatoms. The fraction of sp³-hybridized carbons (Fsp3) is 0.154. The molecule has 0 saturated carbocycles. The minimum absolute atomic E-state index is 0.00550. The molecule has 1 atom stereocenters. The molecule has 0 aliphatic carbocycles. The van der Waals surface area contributed by atoms with Gasteiger partial charge in [0.05, 0.1) is 12.6 Å². The Morgan fingerprint density at radius 2 is 1.77 bits per heavy atom. The molecule has 1 unspecified atom stereocenters. The predicted molar refractivity (Wildman–Crippen MR) is 136 cm³/mol. The molecule has 1 aliphatic heterocycles. The SMILES string of the molecule is CC1CN(C(=O)c2ccc(-c3cccs3)cc2)Cc2nnc(-c3csc(-c4ccc(F)cc4)n3)n21. The van der Waals surface area contributed by atoms with Crippen LogP contribution in [0.3, 0.4) is 0 Å². The molecule has 0 fully saturated rings. The lowest BCUT2D eigenvalue weighted by Gasteiger charge is -2.32. The maximum atomic E-state index is 13.3.